The topological polar surface area (TPSA) is 82.6 Å². The molecule has 1 amide bonds. The Morgan fingerprint density at radius 1 is 1.22 bits per heavy atom. The molecule has 0 bridgehead atoms. The fourth-order valence-electron chi connectivity index (χ4n) is 2.92. The van der Waals surface area contributed by atoms with Gasteiger partial charge in [-0.3, -0.25) is 4.79 Å². The lowest BCUT2D eigenvalue weighted by Crippen LogP contribution is -2.30. The third-order valence-electron chi connectivity index (χ3n) is 4.15. The van der Waals surface area contributed by atoms with E-state index < -0.39 is 18.0 Å². The van der Waals surface area contributed by atoms with Crippen molar-refractivity contribution in [1.29, 1.82) is 0 Å². The van der Waals surface area contributed by atoms with Crippen molar-refractivity contribution in [3.8, 4) is 0 Å². The van der Waals surface area contributed by atoms with Crippen molar-refractivity contribution in [2.75, 3.05) is 13.1 Å². The molecule has 2 aromatic rings. The lowest BCUT2D eigenvalue weighted by Gasteiger charge is -2.16. The second kappa shape index (κ2) is 6.56. The number of ether oxygens (including phenoxy) is 1. The van der Waals surface area contributed by atoms with Crippen LogP contribution in [0, 0.1) is 5.92 Å². The van der Waals surface area contributed by atoms with Gasteiger partial charge in [-0.1, -0.05) is 30.3 Å². The van der Waals surface area contributed by atoms with Crippen LogP contribution >= 0.6 is 0 Å². The number of aromatic nitrogens is 1. The summed E-state index contributed by atoms with van der Waals surface area (Å²) in [5.74, 6) is -1.73. The van der Waals surface area contributed by atoms with E-state index in [2.05, 4.69) is 4.98 Å². The SMILES string of the molecule is O=C(O)C1CN(C(=O)OCc2ccccc2)CC1c1cc[nH]c1. The number of amides is 1. The summed E-state index contributed by atoms with van der Waals surface area (Å²) in [5, 5.41) is 9.40. The normalized spacial score (nSPS) is 20.4. The molecule has 2 unspecified atom stereocenters. The van der Waals surface area contributed by atoms with Gasteiger partial charge in [0.15, 0.2) is 0 Å². The van der Waals surface area contributed by atoms with Crippen molar-refractivity contribution in [3.05, 3.63) is 59.9 Å². The van der Waals surface area contributed by atoms with Crippen LogP contribution in [-0.4, -0.2) is 40.1 Å². The minimum Gasteiger partial charge on any atom is -0.481 e. The zero-order chi connectivity index (χ0) is 16.2. The second-order valence-corrected chi connectivity index (χ2v) is 5.64. The number of benzene rings is 1. The van der Waals surface area contributed by atoms with Crippen molar-refractivity contribution < 1.29 is 19.4 Å². The van der Waals surface area contributed by atoms with Gasteiger partial charge in [-0.15, -0.1) is 0 Å². The number of aromatic amines is 1. The molecule has 2 heterocycles. The number of carboxylic acid groups (broad SMARTS) is 1. The molecule has 23 heavy (non-hydrogen) atoms. The standard InChI is InChI=1S/C17H18N2O4/c20-16(21)15-10-19(9-14(15)13-6-7-18-8-13)17(22)23-11-12-4-2-1-3-5-12/h1-8,14-15,18H,9-11H2,(H,20,21). The average molecular weight is 314 g/mol. The van der Waals surface area contributed by atoms with Crippen molar-refractivity contribution in [1.82, 2.24) is 9.88 Å². The number of likely N-dealkylation sites (tertiary alicyclic amines) is 1. The number of H-pyrrole nitrogens is 1. The van der Waals surface area contributed by atoms with Crippen LogP contribution in [0.3, 0.4) is 0 Å². The maximum atomic E-state index is 12.2. The summed E-state index contributed by atoms with van der Waals surface area (Å²) in [5.41, 5.74) is 1.80. The Balaban J connectivity index is 1.64. The zero-order valence-electron chi connectivity index (χ0n) is 12.5. The van der Waals surface area contributed by atoms with E-state index in [4.69, 9.17) is 4.74 Å². The highest BCUT2D eigenvalue weighted by molar-refractivity contribution is 5.75. The second-order valence-electron chi connectivity index (χ2n) is 5.64. The molecule has 6 nitrogen and oxygen atoms in total. The first-order chi connectivity index (χ1) is 11.1. The number of rotatable bonds is 4. The molecule has 0 spiro atoms. The zero-order valence-corrected chi connectivity index (χ0v) is 12.5. The van der Waals surface area contributed by atoms with Gasteiger partial charge < -0.3 is 19.7 Å². The lowest BCUT2D eigenvalue weighted by molar-refractivity contribution is -0.141. The summed E-state index contributed by atoms with van der Waals surface area (Å²) in [6, 6.07) is 11.2. The molecule has 1 fully saturated rings. The van der Waals surface area contributed by atoms with Crippen LogP contribution < -0.4 is 0 Å². The molecule has 120 valence electrons. The van der Waals surface area contributed by atoms with Crippen LogP contribution in [0.4, 0.5) is 4.79 Å². The van der Waals surface area contributed by atoms with E-state index in [0.29, 0.717) is 6.54 Å². The average Bonchev–Trinajstić information content (AvgIpc) is 3.22. The predicted octanol–water partition coefficient (Wildman–Crippen LogP) is 2.45. The third-order valence-corrected chi connectivity index (χ3v) is 4.15. The number of nitrogens with zero attached hydrogens (tertiary/aromatic N) is 1. The smallest absolute Gasteiger partial charge is 0.410 e. The number of aliphatic carboxylic acids is 1. The number of hydrogen-bond donors (Lipinski definition) is 2. The van der Waals surface area contributed by atoms with Crippen LogP contribution in [0.15, 0.2) is 48.8 Å². The van der Waals surface area contributed by atoms with Gasteiger partial charge in [-0.05, 0) is 17.2 Å². The van der Waals surface area contributed by atoms with Crippen molar-refractivity contribution in [2.24, 2.45) is 5.92 Å². The van der Waals surface area contributed by atoms with Gasteiger partial charge in [0.2, 0.25) is 0 Å². The summed E-state index contributed by atoms with van der Waals surface area (Å²) >= 11 is 0. The van der Waals surface area contributed by atoms with Crippen LogP contribution in [0.25, 0.3) is 0 Å². The summed E-state index contributed by atoms with van der Waals surface area (Å²) in [6.45, 7) is 0.698. The number of carbonyl (C=O) groups excluding carboxylic acids is 1. The third kappa shape index (κ3) is 3.36. The Hall–Kier alpha value is -2.76. The Kier molecular flexibility index (Phi) is 4.32. The molecule has 0 aliphatic carbocycles. The number of hydrogen-bond acceptors (Lipinski definition) is 3. The van der Waals surface area contributed by atoms with Crippen LogP contribution in [-0.2, 0) is 16.1 Å². The molecule has 1 aromatic carbocycles. The van der Waals surface area contributed by atoms with E-state index >= 15 is 0 Å². The van der Waals surface area contributed by atoms with Gasteiger partial charge in [0.05, 0.1) is 5.92 Å². The monoisotopic (exact) mass is 314 g/mol. The highest BCUT2D eigenvalue weighted by Gasteiger charge is 2.41. The maximum absolute atomic E-state index is 12.2. The number of carbonyl (C=O) groups is 2. The van der Waals surface area contributed by atoms with Crippen LogP contribution in [0.2, 0.25) is 0 Å². The minimum absolute atomic E-state index is 0.165. The Labute approximate surface area is 133 Å². The minimum atomic E-state index is -0.894. The fourth-order valence-corrected chi connectivity index (χ4v) is 2.92. The molecule has 1 aliphatic heterocycles. The number of nitrogens with one attached hydrogen (secondary N) is 1. The highest BCUT2D eigenvalue weighted by Crippen LogP contribution is 2.33. The summed E-state index contributed by atoms with van der Waals surface area (Å²) < 4.78 is 5.29. The largest absolute Gasteiger partial charge is 0.481 e. The Bertz CT molecular complexity index is 669. The summed E-state index contributed by atoms with van der Waals surface area (Å²) in [4.78, 5) is 28.1. The quantitative estimate of drug-likeness (QED) is 0.908. The number of carboxylic acids is 1. The highest BCUT2D eigenvalue weighted by atomic mass is 16.6. The molecular weight excluding hydrogens is 296 g/mol. The van der Waals surface area contributed by atoms with Crippen LogP contribution in [0.1, 0.15) is 17.0 Å². The van der Waals surface area contributed by atoms with Gasteiger partial charge in [0, 0.05) is 31.4 Å². The van der Waals surface area contributed by atoms with Crippen molar-refractivity contribution in [3.63, 3.8) is 0 Å². The van der Waals surface area contributed by atoms with Crippen LogP contribution in [0.5, 0.6) is 0 Å². The van der Waals surface area contributed by atoms with E-state index in [1.54, 1.807) is 12.4 Å². The van der Waals surface area contributed by atoms with Crippen molar-refractivity contribution in [2.45, 2.75) is 12.5 Å². The van der Waals surface area contributed by atoms with Crippen molar-refractivity contribution >= 4 is 12.1 Å². The van der Waals surface area contributed by atoms with Gasteiger partial charge in [0.1, 0.15) is 6.61 Å². The molecule has 6 heteroatoms. The first-order valence-corrected chi connectivity index (χ1v) is 7.46. The molecule has 0 saturated carbocycles. The van der Waals surface area contributed by atoms with E-state index in [-0.39, 0.29) is 19.1 Å². The molecule has 0 radical (unpaired) electrons. The molecular formula is C17H18N2O4. The Morgan fingerprint density at radius 2 is 2.00 bits per heavy atom. The molecule has 1 aromatic heterocycles. The first-order valence-electron chi connectivity index (χ1n) is 7.46. The maximum Gasteiger partial charge on any atom is 0.410 e. The van der Waals surface area contributed by atoms with E-state index in [9.17, 15) is 14.7 Å². The summed E-state index contributed by atoms with van der Waals surface area (Å²) in [6.07, 6.45) is 3.06. The fraction of sp³-hybridized carbons (Fsp3) is 0.294. The van der Waals surface area contributed by atoms with Gasteiger partial charge in [-0.2, -0.15) is 0 Å². The van der Waals surface area contributed by atoms with E-state index in [0.717, 1.165) is 11.1 Å². The van der Waals surface area contributed by atoms with E-state index in [1.807, 2.05) is 36.4 Å². The van der Waals surface area contributed by atoms with Gasteiger partial charge >= 0.3 is 12.1 Å². The lowest BCUT2D eigenvalue weighted by atomic mass is 9.91. The molecule has 2 atom stereocenters. The molecule has 1 aliphatic rings. The van der Waals surface area contributed by atoms with Gasteiger partial charge in [0.25, 0.3) is 0 Å². The van der Waals surface area contributed by atoms with E-state index in [1.165, 1.54) is 4.90 Å². The Morgan fingerprint density at radius 3 is 2.65 bits per heavy atom. The molecule has 1 saturated heterocycles. The molecule has 2 N–H and O–H groups in total. The first kappa shape index (κ1) is 15.1. The predicted molar refractivity (Wildman–Crippen MR) is 82.9 cm³/mol. The van der Waals surface area contributed by atoms with Gasteiger partial charge in [-0.25, -0.2) is 4.79 Å². The molecule has 3 rings (SSSR count). The summed E-state index contributed by atoms with van der Waals surface area (Å²) in [7, 11) is 0.